The lowest BCUT2D eigenvalue weighted by Crippen LogP contribution is -2.39. The molecular weight excluding hydrogens is 163 g/mol. The van der Waals surface area contributed by atoms with E-state index in [0.29, 0.717) is 0 Å². The van der Waals surface area contributed by atoms with E-state index in [4.69, 9.17) is 5.50 Å². The smallest absolute Gasteiger partial charge is 0.187 e. The average molecular weight is 181 g/mol. The van der Waals surface area contributed by atoms with E-state index >= 15 is 0 Å². The van der Waals surface area contributed by atoms with Gasteiger partial charge < -0.3 is 0 Å². The average Bonchev–Trinajstić information content (AvgIpc) is 1.54. The summed E-state index contributed by atoms with van der Waals surface area (Å²) in [6.07, 6.45) is 0. The van der Waals surface area contributed by atoms with E-state index in [0.717, 1.165) is 0 Å². The summed E-state index contributed by atoms with van der Waals surface area (Å²) in [5.41, 5.74) is 5.23. The summed E-state index contributed by atoms with van der Waals surface area (Å²) in [5, 5.41) is 0. The molecule has 0 amide bonds. The first kappa shape index (κ1) is 11.3. The molecule has 0 saturated heterocycles. The molecule has 0 unspecified atom stereocenters. The molecule has 0 aliphatic carbocycles. The molecule has 5 heteroatoms. The number of nitrogens with zero attached hydrogens (tertiary/aromatic N) is 1. The molecule has 0 saturated carbocycles. The second-order valence-corrected chi connectivity index (χ2v) is 4.87. The SMILES string of the molecule is CC(C)N(C(C)C)[P+](N)(O)O. The van der Waals surface area contributed by atoms with Crippen molar-refractivity contribution in [1.29, 1.82) is 0 Å². The van der Waals surface area contributed by atoms with E-state index in [1.807, 2.05) is 27.7 Å². The number of hydrogen-bond donors (Lipinski definition) is 3. The van der Waals surface area contributed by atoms with Crippen LogP contribution in [0.25, 0.3) is 0 Å². The van der Waals surface area contributed by atoms with Crippen LogP contribution in [-0.2, 0) is 0 Å². The Morgan fingerprint density at radius 1 is 1.09 bits per heavy atom. The number of hydrogen-bond acceptors (Lipinski definition) is 4. The van der Waals surface area contributed by atoms with Gasteiger partial charge in [-0.1, -0.05) is 0 Å². The molecular formula is C6H18N2O2P+. The molecule has 68 valence electrons. The van der Waals surface area contributed by atoms with Crippen molar-refractivity contribution in [2.75, 3.05) is 0 Å². The molecule has 0 aromatic carbocycles. The van der Waals surface area contributed by atoms with Gasteiger partial charge in [0.1, 0.15) is 0 Å². The van der Waals surface area contributed by atoms with E-state index < -0.39 is 8.02 Å². The third-order valence-electron chi connectivity index (χ3n) is 1.40. The lowest BCUT2D eigenvalue weighted by molar-refractivity contribution is 0.239. The summed E-state index contributed by atoms with van der Waals surface area (Å²) in [6, 6.07) is 0.117. The van der Waals surface area contributed by atoms with Crippen molar-refractivity contribution in [2.24, 2.45) is 5.50 Å². The van der Waals surface area contributed by atoms with Crippen LogP contribution >= 0.6 is 8.02 Å². The van der Waals surface area contributed by atoms with Crippen LogP contribution < -0.4 is 5.50 Å². The van der Waals surface area contributed by atoms with Crippen LogP contribution in [0.1, 0.15) is 27.7 Å². The first-order valence-corrected chi connectivity index (χ1v) is 5.40. The predicted molar refractivity (Wildman–Crippen MR) is 47.7 cm³/mol. The Kier molecular flexibility index (Phi) is 3.88. The van der Waals surface area contributed by atoms with Crippen LogP contribution in [0.3, 0.4) is 0 Å². The van der Waals surface area contributed by atoms with Gasteiger partial charge in [-0.2, -0.15) is 9.79 Å². The van der Waals surface area contributed by atoms with Crippen molar-refractivity contribution >= 4 is 8.02 Å². The zero-order valence-electron chi connectivity index (χ0n) is 7.52. The maximum absolute atomic E-state index is 9.19. The molecule has 0 fully saturated rings. The van der Waals surface area contributed by atoms with Crippen molar-refractivity contribution in [3.05, 3.63) is 0 Å². The highest BCUT2D eigenvalue weighted by atomic mass is 31.2. The summed E-state index contributed by atoms with van der Waals surface area (Å²) in [7, 11) is -3.30. The van der Waals surface area contributed by atoms with Crippen molar-refractivity contribution in [2.45, 2.75) is 39.8 Å². The van der Waals surface area contributed by atoms with Gasteiger partial charge in [0.05, 0.1) is 0 Å². The first-order valence-electron chi connectivity index (χ1n) is 3.68. The van der Waals surface area contributed by atoms with E-state index in [-0.39, 0.29) is 12.1 Å². The lowest BCUT2D eigenvalue weighted by Gasteiger charge is -2.28. The normalized spacial score (nSPS) is 13.6. The largest absolute Gasteiger partial charge is 0.426 e. The third-order valence-corrected chi connectivity index (χ3v) is 3.00. The summed E-state index contributed by atoms with van der Waals surface area (Å²) in [5.74, 6) is 0. The van der Waals surface area contributed by atoms with E-state index in [1.54, 1.807) is 0 Å². The molecule has 4 N–H and O–H groups in total. The van der Waals surface area contributed by atoms with E-state index in [2.05, 4.69) is 0 Å². The van der Waals surface area contributed by atoms with Gasteiger partial charge in [-0.3, -0.25) is 0 Å². The predicted octanol–water partition coefficient (Wildman–Crippen LogP) is 0.726. The van der Waals surface area contributed by atoms with Gasteiger partial charge in [0.25, 0.3) is 0 Å². The Labute approximate surface area is 68.6 Å². The second-order valence-electron chi connectivity index (χ2n) is 3.18. The van der Waals surface area contributed by atoms with Gasteiger partial charge in [0.15, 0.2) is 0 Å². The zero-order valence-corrected chi connectivity index (χ0v) is 8.42. The van der Waals surface area contributed by atoms with Gasteiger partial charge >= 0.3 is 8.02 Å². The Balaban J connectivity index is 4.35. The minimum Gasteiger partial charge on any atom is -0.187 e. The molecule has 0 rings (SSSR count). The molecule has 0 radical (unpaired) electrons. The van der Waals surface area contributed by atoms with Crippen LogP contribution in [0.4, 0.5) is 0 Å². The standard InChI is InChI=1S/C6H18N2O2P/c1-5(2)8(6(3)4)11(7,9)10/h5-6,9-10H,7H2,1-4H3/q+1. The quantitative estimate of drug-likeness (QED) is 0.561. The van der Waals surface area contributed by atoms with Crippen molar-refractivity contribution < 1.29 is 9.79 Å². The first-order chi connectivity index (χ1) is 4.76. The lowest BCUT2D eigenvalue weighted by atomic mass is 10.3. The molecule has 0 spiro atoms. The highest BCUT2D eigenvalue weighted by molar-refractivity contribution is 7.59. The highest BCUT2D eigenvalue weighted by Gasteiger charge is 2.41. The van der Waals surface area contributed by atoms with Crippen LogP contribution in [-0.4, -0.2) is 26.5 Å². The molecule has 0 heterocycles. The van der Waals surface area contributed by atoms with Crippen molar-refractivity contribution in [3.8, 4) is 0 Å². The molecule has 4 nitrogen and oxygen atoms in total. The molecule has 0 bridgehead atoms. The van der Waals surface area contributed by atoms with Crippen molar-refractivity contribution in [1.82, 2.24) is 4.67 Å². The minimum absolute atomic E-state index is 0.0586. The third kappa shape index (κ3) is 3.45. The number of rotatable bonds is 3. The number of nitrogens with two attached hydrogens (primary N) is 1. The van der Waals surface area contributed by atoms with Crippen LogP contribution in [0, 0.1) is 0 Å². The van der Waals surface area contributed by atoms with Gasteiger partial charge in [-0.25, -0.2) is 0 Å². The summed E-state index contributed by atoms with van der Waals surface area (Å²) in [4.78, 5) is 18.4. The monoisotopic (exact) mass is 181 g/mol. The zero-order chi connectivity index (χ0) is 9.23. The van der Waals surface area contributed by atoms with Gasteiger partial charge in [0, 0.05) is 12.1 Å². The second kappa shape index (κ2) is 3.78. The van der Waals surface area contributed by atoms with Crippen molar-refractivity contribution in [3.63, 3.8) is 0 Å². The van der Waals surface area contributed by atoms with Crippen LogP contribution in [0.5, 0.6) is 0 Å². The Bertz CT molecular complexity index is 114. The topological polar surface area (TPSA) is 69.7 Å². The summed E-state index contributed by atoms with van der Waals surface area (Å²) in [6.45, 7) is 7.53. The molecule has 0 atom stereocenters. The molecule has 11 heavy (non-hydrogen) atoms. The Morgan fingerprint density at radius 2 is 1.36 bits per heavy atom. The minimum atomic E-state index is -3.30. The molecule has 0 aromatic heterocycles. The summed E-state index contributed by atoms with van der Waals surface area (Å²) < 4.78 is 1.52. The van der Waals surface area contributed by atoms with Gasteiger partial charge in [-0.15, -0.1) is 10.2 Å². The summed E-state index contributed by atoms with van der Waals surface area (Å²) >= 11 is 0. The fourth-order valence-corrected chi connectivity index (χ4v) is 2.64. The van der Waals surface area contributed by atoms with Gasteiger partial charge in [-0.05, 0) is 27.7 Å². The Hall–Kier alpha value is 0.270. The fourth-order valence-electron chi connectivity index (χ4n) is 1.28. The highest BCUT2D eigenvalue weighted by Crippen LogP contribution is 2.47. The van der Waals surface area contributed by atoms with E-state index in [1.165, 1.54) is 4.67 Å². The van der Waals surface area contributed by atoms with Crippen LogP contribution in [0.2, 0.25) is 0 Å². The van der Waals surface area contributed by atoms with Gasteiger partial charge in [0.2, 0.25) is 0 Å². The van der Waals surface area contributed by atoms with Crippen LogP contribution in [0.15, 0.2) is 0 Å². The molecule has 0 aliphatic rings. The Morgan fingerprint density at radius 3 is 1.36 bits per heavy atom. The maximum Gasteiger partial charge on any atom is 0.426 e. The molecule has 0 aliphatic heterocycles. The maximum atomic E-state index is 9.19. The van der Waals surface area contributed by atoms with E-state index in [9.17, 15) is 9.79 Å². The molecule has 0 aromatic rings. The fraction of sp³-hybridized carbons (Fsp3) is 1.00.